The lowest BCUT2D eigenvalue weighted by Gasteiger charge is -2.10. The summed E-state index contributed by atoms with van der Waals surface area (Å²) in [5.74, 6) is 0.111. The van der Waals surface area contributed by atoms with E-state index in [1.54, 1.807) is 12.1 Å². The van der Waals surface area contributed by atoms with Crippen molar-refractivity contribution in [2.24, 2.45) is 5.41 Å². The van der Waals surface area contributed by atoms with Crippen molar-refractivity contribution in [3.8, 4) is 6.07 Å². The van der Waals surface area contributed by atoms with E-state index in [1.807, 2.05) is 0 Å². The van der Waals surface area contributed by atoms with Crippen LogP contribution in [0.15, 0.2) is 29.2 Å². The predicted molar refractivity (Wildman–Crippen MR) is 59.6 cm³/mol. The molecule has 1 aliphatic rings. The highest BCUT2D eigenvalue weighted by molar-refractivity contribution is 7.85. The monoisotopic (exact) mass is 237 g/mol. The van der Waals surface area contributed by atoms with Gasteiger partial charge in [-0.3, -0.25) is 4.21 Å². The van der Waals surface area contributed by atoms with Gasteiger partial charge in [0.15, 0.2) is 0 Å². The Hall–Kier alpha value is -1.21. The predicted octanol–water partition coefficient (Wildman–Crippen LogP) is 2.63. The molecule has 0 radical (unpaired) electrons. The summed E-state index contributed by atoms with van der Waals surface area (Å²) in [5.41, 5.74) is -0.0636. The molecule has 0 spiro atoms. The van der Waals surface area contributed by atoms with Gasteiger partial charge in [0, 0.05) is 17.1 Å². The van der Waals surface area contributed by atoms with Crippen LogP contribution in [0.25, 0.3) is 0 Å². The van der Waals surface area contributed by atoms with Gasteiger partial charge in [0.25, 0.3) is 0 Å². The number of nitrogens with zero attached hydrogens (tertiary/aromatic N) is 1. The quantitative estimate of drug-likeness (QED) is 0.807. The van der Waals surface area contributed by atoms with E-state index < -0.39 is 10.8 Å². The summed E-state index contributed by atoms with van der Waals surface area (Å²) >= 11 is 0. The normalized spacial score (nSPS) is 18.8. The van der Waals surface area contributed by atoms with Crippen LogP contribution in [0, 0.1) is 22.6 Å². The summed E-state index contributed by atoms with van der Waals surface area (Å²) in [4.78, 5) is 0.518. The third-order valence-corrected chi connectivity index (χ3v) is 4.56. The van der Waals surface area contributed by atoms with Gasteiger partial charge in [-0.2, -0.15) is 5.26 Å². The molecule has 2 nitrogen and oxygen atoms in total. The highest BCUT2D eigenvalue weighted by Gasteiger charge is 2.43. The molecule has 1 aromatic carbocycles. The molecular formula is C12H12FNOS. The Balaban J connectivity index is 2.07. The fourth-order valence-corrected chi connectivity index (χ4v) is 3.27. The Labute approximate surface area is 96.5 Å². The minimum absolute atomic E-state index is 0.0636. The highest BCUT2D eigenvalue weighted by atomic mass is 32.2. The zero-order chi connectivity index (χ0) is 11.6. The van der Waals surface area contributed by atoms with E-state index >= 15 is 0 Å². The van der Waals surface area contributed by atoms with E-state index in [9.17, 15) is 8.60 Å². The molecule has 0 N–H and O–H groups in total. The van der Waals surface area contributed by atoms with E-state index in [0.717, 1.165) is 12.8 Å². The van der Waals surface area contributed by atoms with E-state index in [-0.39, 0.29) is 11.2 Å². The van der Waals surface area contributed by atoms with Crippen molar-refractivity contribution >= 4 is 10.8 Å². The first kappa shape index (κ1) is 11.3. The number of halogens is 1. The summed E-state index contributed by atoms with van der Waals surface area (Å²) < 4.78 is 24.9. The average Bonchev–Trinajstić information content (AvgIpc) is 2.98. The van der Waals surface area contributed by atoms with E-state index in [0.29, 0.717) is 17.1 Å². The maximum absolute atomic E-state index is 12.9. The molecule has 0 aromatic heterocycles. The number of rotatable bonds is 4. The second-order valence-corrected chi connectivity index (χ2v) is 5.73. The second-order valence-electron chi connectivity index (χ2n) is 4.28. The van der Waals surface area contributed by atoms with Crippen LogP contribution in [0.4, 0.5) is 4.39 Å². The van der Waals surface area contributed by atoms with Crippen molar-refractivity contribution in [3.63, 3.8) is 0 Å². The molecule has 0 amide bonds. The summed E-state index contributed by atoms with van der Waals surface area (Å²) in [6.45, 7) is 0. The van der Waals surface area contributed by atoms with Crippen molar-refractivity contribution in [2.45, 2.75) is 24.2 Å². The van der Waals surface area contributed by atoms with Crippen LogP contribution in [0.2, 0.25) is 0 Å². The van der Waals surface area contributed by atoms with Gasteiger partial charge in [-0.15, -0.1) is 0 Å². The summed E-state index contributed by atoms with van der Waals surface area (Å²) in [5, 5.41) is 8.66. The first-order valence-electron chi connectivity index (χ1n) is 5.16. The Bertz CT molecular complexity index is 462. The Kier molecular flexibility index (Phi) is 3.06. The largest absolute Gasteiger partial charge is 0.254 e. The maximum Gasteiger partial charge on any atom is 0.124 e. The van der Waals surface area contributed by atoms with Gasteiger partial charge in [-0.05, 0) is 36.5 Å². The molecule has 1 unspecified atom stereocenters. The standard InChI is InChI=1S/C12H12FNOS/c13-10-2-1-3-11(8-10)16(15)9-12(4-5-12)6-7-14/h1-3,8H,4-6,9H2. The van der Waals surface area contributed by atoms with Crippen molar-refractivity contribution in [1.82, 2.24) is 0 Å². The van der Waals surface area contributed by atoms with Gasteiger partial charge in [0.1, 0.15) is 5.82 Å². The first-order valence-corrected chi connectivity index (χ1v) is 6.48. The zero-order valence-corrected chi connectivity index (χ0v) is 9.60. The Morgan fingerprint density at radius 2 is 2.25 bits per heavy atom. The summed E-state index contributed by atoms with van der Waals surface area (Å²) in [6, 6.07) is 8.00. The number of benzene rings is 1. The third-order valence-electron chi connectivity index (χ3n) is 2.91. The smallest absolute Gasteiger partial charge is 0.124 e. The molecule has 0 heterocycles. The minimum atomic E-state index is -1.19. The van der Waals surface area contributed by atoms with Crippen LogP contribution in [-0.2, 0) is 10.8 Å². The number of nitriles is 1. The second kappa shape index (κ2) is 4.34. The maximum atomic E-state index is 12.9. The molecule has 1 atom stereocenters. The van der Waals surface area contributed by atoms with Gasteiger partial charge in [0.2, 0.25) is 0 Å². The SMILES string of the molecule is N#CCC1(CS(=O)c2cccc(F)c2)CC1. The van der Waals surface area contributed by atoms with E-state index in [1.165, 1.54) is 12.1 Å². The molecule has 1 aromatic rings. The highest BCUT2D eigenvalue weighted by Crippen LogP contribution is 2.49. The fraction of sp³-hybridized carbons (Fsp3) is 0.417. The molecule has 84 valence electrons. The van der Waals surface area contributed by atoms with Gasteiger partial charge in [-0.25, -0.2) is 4.39 Å². The lowest BCUT2D eigenvalue weighted by Crippen LogP contribution is -2.11. The topological polar surface area (TPSA) is 40.9 Å². The lowest BCUT2D eigenvalue weighted by molar-refractivity contribution is 0.586. The molecule has 2 rings (SSSR count). The summed E-state index contributed by atoms with van der Waals surface area (Å²) in [7, 11) is -1.19. The molecule has 1 aliphatic carbocycles. The van der Waals surface area contributed by atoms with Gasteiger partial charge < -0.3 is 0 Å². The number of hydrogen-bond acceptors (Lipinski definition) is 2. The average molecular weight is 237 g/mol. The number of hydrogen-bond donors (Lipinski definition) is 0. The van der Waals surface area contributed by atoms with Crippen LogP contribution in [0.3, 0.4) is 0 Å². The van der Waals surface area contributed by atoms with Crippen molar-refractivity contribution in [1.29, 1.82) is 5.26 Å². The zero-order valence-electron chi connectivity index (χ0n) is 8.78. The van der Waals surface area contributed by atoms with E-state index in [2.05, 4.69) is 6.07 Å². The first-order chi connectivity index (χ1) is 7.65. The molecule has 16 heavy (non-hydrogen) atoms. The van der Waals surface area contributed by atoms with Crippen LogP contribution in [-0.4, -0.2) is 9.96 Å². The van der Waals surface area contributed by atoms with Gasteiger partial charge in [-0.1, -0.05) is 6.07 Å². The lowest BCUT2D eigenvalue weighted by atomic mass is 10.1. The molecule has 4 heteroatoms. The Morgan fingerprint density at radius 3 is 2.81 bits per heavy atom. The van der Waals surface area contributed by atoms with Crippen molar-refractivity contribution in [2.75, 3.05) is 5.75 Å². The molecule has 0 saturated heterocycles. The fourth-order valence-electron chi connectivity index (χ4n) is 1.69. The summed E-state index contributed by atoms with van der Waals surface area (Å²) in [6.07, 6.45) is 2.37. The molecule has 1 fully saturated rings. The molecule has 0 aliphatic heterocycles. The van der Waals surface area contributed by atoms with Crippen molar-refractivity contribution < 1.29 is 8.60 Å². The molecule has 1 saturated carbocycles. The van der Waals surface area contributed by atoms with Gasteiger partial charge >= 0.3 is 0 Å². The van der Waals surface area contributed by atoms with Crippen LogP contribution >= 0.6 is 0 Å². The third kappa shape index (κ3) is 2.48. The van der Waals surface area contributed by atoms with Gasteiger partial charge in [0.05, 0.1) is 16.9 Å². The van der Waals surface area contributed by atoms with Crippen LogP contribution < -0.4 is 0 Å². The van der Waals surface area contributed by atoms with Crippen molar-refractivity contribution in [3.05, 3.63) is 30.1 Å². The van der Waals surface area contributed by atoms with E-state index in [4.69, 9.17) is 5.26 Å². The Morgan fingerprint density at radius 1 is 1.50 bits per heavy atom. The van der Waals surface area contributed by atoms with Crippen LogP contribution in [0.5, 0.6) is 0 Å². The minimum Gasteiger partial charge on any atom is -0.254 e. The van der Waals surface area contributed by atoms with Crippen LogP contribution in [0.1, 0.15) is 19.3 Å². The molecule has 0 bridgehead atoms. The molecular weight excluding hydrogens is 225 g/mol.